The zero-order valence-corrected chi connectivity index (χ0v) is 22.3. The Morgan fingerprint density at radius 3 is 2.50 bits per heavy atom. The van der Waals surface area contributed by atoms with Crippen LogP contribution in [0.5, 0.6) is 5.75 Å². The summed E-state index contributed by atoms with van der Waals surface area (Å²) in [6, 6.07) is 13.5. The van der Waals surface area contributed by atoms with Gasteiger partial charge in [0.1, 0.15) is 23.2 Å². The molecule has 2 aromatic carbocycles. The Morgan fingerprint density at radius 1 is 1.08 bits per heavy atom. The lowest BCUT2D eigenvalue weighted by atomic mass is 10.1. The van der Waals surface area contributed by atoms with Crippen LogP contribution in [0.3, 0.4) is 0 Å². The summed E-state index contributed by atoms with van der Waals surface area (Å²) in [5.74, 6) is 2.15. The number of anilines is 1. The second kappa shape index (κ2) is 10.8. The van der Waals surface area contributed by atoms with Crippen molar-refractivity contribution in [2.24, 2.45) is 0 Å². The number of fused-ring (bicyclic) bond motifs is 1. The number of piperazine rings is 1. The summed E-state index contributed by atoms with van der Waals surface area (Å²) in [4.78, 5) is 27.3. The van der Waals surface area contributed by atoms with E-state index in [9.17, 15) is 9.18 Å². The molecule has 1 saturated heterocycles. The molecule has 0 saturated carbocycles. The van der Waals surface area contributed by atoms with Gasteiger partial charge in [-0.05, 0) is 55.8 Å². The number of carbonyl (C=O) groups is 1. The third-order valence-corrected chi connectivity index (χ3v) is 7.12. The third-order valence-electron chi connectivity index (χ3n) is 7.12. The number of amides is 1. The van der Waals surface area contributed by atoms with E-state index in [1.54, 1.807) is 30.0 Å². The maximum Gasteiger partial charge on any atom is 0.254 e. The maximum absolute atomic E-state index is 13.6. The lowest BCUT2D eigenvalue weighted by Gasteiger charge is -2.36. The van der Waals surface area contributed by atoms with Crippen molar-refractivity contribution in [2.75, 3.05) is 38.2 Å². The van der Waals surface area contributed by atoms with E-state index in [4.69, 9.17) is 19.8 Å². The number of halogens is 1. The second-order valence-electron chi connectivity index (χ2n) is 9.78. The highest BCUT2D eigenvalue weighted by Gasteiger charge is 2.27. The van der Waals surface area contributed by atoms with Crippen molar-refractivity contribution >= 4 is 22.8 Å². The summed E-state index contributed by atoms with van der Waals surface area (Å²) in [5, 5.41) is 5.66. The van der Waals surface area contributed by atoms with Crippen LogP contribution >= 0.6 is 0 Å². The Hall–Kier alpha value is -4.01. The topological polar surface area (TPSA) is 76.4 Å². The maximum atomic E-state index is 13.6. The number of carbonyl (C=O) groups excluding carboxylic acids is 1. The molecule has 0 aliphatic carbocycles. The van der Waals surface area contributed by atoms with Gasteiger partial charge in [-0.2, -0.15) is 5.10 Å². The molecule has 4 aromatic rings. The van der Waals surface area contributed by atoms with Crippen LogP contribution < -0.4 is 9.64 Å². The van der Waals surface area contributed by atoms with Gasteiger partial charge < -0.3 is 14.5 Å². The molecule has 38 heavy (non-hydrogen) atoms. The average Bonchev–Trinajstić information content (AvgIpc) is 3.29. The first kappa shape index (κ1) is 25.6. The predicted molar refractivity (Wildman–Crippen MR) is 146 cm³/mol. The van der Waals surface area contributed by atoms with E-state index >= 15 is 0 Å². The highest BCUT2D eigenvalue weighted by Crippen LogP contribution is 2.32. The van der Waals surface area contributed by atoms with Crippen LogP contribution in [0.15, 0.2) is 48.5 Å². The van der Waals surface area contributed by atoms with Crippen molar-refractivity contribution in [3.05, 3.63) is 71.4 Å². The van der Waals surface area contributed by atoms with Gasteiger partial charge in [-0.15, -0.1) is 0 Å². The molecule has 0 radical (unpaired) electrons. The standard InChI is InChI=1S/C29H33FN6O2/c1-5-7-19(2)26-31-27(25-20(3)33-36(28(25)32-26)23-12-10-22(30)11-13-23)34-14-16-35(17-15-34)29(37)21-8-6-9-24(18-21)38-4/h6,8-13,18-19H,5,7,14-17H2,1-4H3/t19-/m0/s1. The summed E-state index contributed by atoms with van der Waals surface area (Å²) in [6.07, 6.45) is 2.00. The van der Waals surface area contributed by atoms with E-state index in [2.05, 4.69) is 18.7 Å². The highest BCUT2D eigenvalue weighted by molar-refractivity contribution is 5.95. The van der Waals surface area contributed by atoms with Crippen molar-refractivity contribution < 1.29 is 13.9 Å². The Balaban J connectivity index is 1.48. The lowest BCUT2D eigenvalue weighted by molar-refractivity contribution is 0.0746. The zero-order chi connectivity index (χ0) is 26.8. The van der Waals surface area contributed by atoms with Crippen LogP contribution in [0.1, 0.15) is 54.5 Å². The molecule has 3 heterocycles. The van der Waals surface area contributed by atoms with Crippen molar-refractivity contribution in [1.82, 2.24) is 24.6 Å². The molecule has 8 nitrogen and oxygen atoms in total. The fraction of sp³-hybridized carbons (Fsp3) is 0.379. The van der Waals surface area contributed by atoms with E-state index < -0.39 is 0 Å². The third kappa shape index (κ3) is 4.92. The van der Waals surface area contributed by atoms with Crippen LogP contribution in [0, 0.1) is 12.7 Å². The number of nitrogens with zero attached hydrogens (tertiary/aromatic N) is 6. The number of aryl methyl sites for hydroxylation is 1. The first-order valence-corrected chi connectivity index (χ1v) is 13.1. The van der Waals surface area contributed by atoms with Gasteiger partial charge in [-0.3, -0.25) is 4.79 Å². The molecule has 0 bridgehead atoms. The smallest absolute Gasteiger partial charge is 0.254 e. The second-order valence-corrected chi connectivity index (χ2v) is 9.78. The van der Waals surface area contributed by atoms with Crippen molar-refractivity contribution in [1.29, 1.82) is 0 Å². The van der Waals surface area contributed by atoms with Gasteiger partial charge in [-0.1, -0.05) is 26.3 Å². The minimum Gasteiger partial charge on any atom is -0.497 e. The van der Waals surface area contributed by atoms with Crippen LogP contribution in [-0.4, -0.2) is 63.8 Å². The van der Waals surface area contributed by atoms with Gasteiger partial charge in [0.25, 0.3) is 5.91 Å². The summed E-state index contributed by atoms with van der Waals surface area (Å²) in [6.45, 7) is 8.69. The van der Waals surface area contributed by atoms with Gasteiger partial charge in [0.2, 0.25) is 0 Å². The lowest BCUT2D eigenvalue weighted by Crippen LogP contribution is -2.49. The van der Waals surface area contributed by atoms with Crippen molar-refractivity contribution in [3.8, 4) is 11.4 Å². The Labute approximate surface area is 222 Å². The zero-order valence-electron chi connectivity index (χ0n) is 22.3. The number of aromatic nitrogens is 4. The van der Waals surface area contributed by atoms with E-state index in [-0.39, 0.29) is 17.6 Å². The van der Waals surface area contributed by atoms with Crippen molar-refractivity contribution in [2.45, 2.75) is 39.5 Å². The molecule has 0 spiro atoms. The minimum absolute atomic E-state index is 0.00560. The Kier molecular flexibility index (Phi) is 7.26. The van der Waals surface area contributed by atoms with Gasteiger partial charge in [0.15, 0.2) is 5.65 Å². The largest absolute Gasteiger partial charge is 0.497 e. The van der Waals surface area contributed by atoms with Gasteiger partial charge in [0.05, 0.1) is 23.9 Å². The molecule has 1 fully saturated rings. The first-order chi connectivity index (χ1) is 18.4. The first-order valence-electron chi connectivity index (χ1n) is 13.1. The number of methoxy groups -OCH3 is 1. The molecular weight excluding hydrogens is 483 g/mol. The molecule has 198 valence electrons. The normalized spacial score (nSPS) is 14.7. The molecular formula is C29H33FN6O2. The number of hydrogen-bond donors (Lipinski definition) is 0. The Morgan fingerprint density at radius 2 is 1.82 bits per heavy atom. The van der Waals surface area contributed by atoms with E-state index in [1.165, 1.54) is 12.1 Å². The number of rotatable bonds is 7. The van der Waals surface area contributed by atoms with Crippen LogP contribution in [-0.2, 0) is 0 Å². The van der Waals surface area contributed by atoms with Crippen LogP contribution in [0.25, 0.3) is 16.7 Å². The highest BCUT2D eigenvalue weighted by atomic mass is 19.1. The number of hydrogen-bond acceptors (Lipinski definition) is 6. The molecule has 0 N–H and O–H groups in total. The minimum atomic E-state index is -0.295. The van der Waals surface area contributed by atoms with Crippen molar-refractivity contribution in [3.63, 3.8) is 0 Å². The SMILES string of the molecule is CCC[C@H](C)c1nc(N2CCN(C(=O)c3cccc(OC)c3)CC2)c2c(C)nn(-c3ccc(F)cc3)c2n1. The predicted octanol–water partition coefficient (Wildman–Crippen LogP) is 5.14. The molecule has 1 atom stereocenters. The molecule has 0 unspecified atom stereocenters. The van der Waals surface area contributed by atoms with Gasteiger partial charge in [0, 0.05) is 37.7 Å². The monoisotopic (exact) mass is 516 g/mol. The van der Waals surface area contributed by atoms with E-state index in [1.807, 2.05) is 30.0 Å². The fourth-order valence-corrected chi connectivity index (χ4v) is 5.01. The molecule has 2 aromatic heterocycles. The number of ether oxygens (including phenoxy) is 1. The summed E-state index contributed by atoms with van der Waals surface area (Å²) in [5.41, 5.74) is 2.89. The summed E-state index contributed by atoms with van der Waals surface area (Å²) in [7, 11) is 1.60. The van der Waals surface area contributed by atoms with E-state index in [0.717, 1.165) is 41.3 Å². The van der Waals surface area contributed by atoms with Crippen LogP contribution in [0.2, 0.25) is 0 Å². The molecule has 5 rings (SSSR count). The Bertz CT molecular complexity index is 1440. The fourth-order valence-electron chi connectivity index (χ4n) is 5.01. The molecule has 1 amide bonds. The quantitative estimate of drug-likeness (QED) is 0.339. The summed E-state index contributed by atoms with van der Waals surface area (Å²) < 4.78 is 20.7. The molecule has 1 aliphatic rings. The number of benzene rings is 2. The molecule has 9 heteroatoms. The van der Waals surface area contributed by atoms with Crippen LogP contribution in [0.4, 0.5) is 10.2 Å². The van der Waals surface area contributed by atoms with E-state index in [0.29, 0.717) is 43.1 Å². The van der Waals surface area contributed by atoms with Gasteiger partial charge >= 0.3 is 0 Å². The van der Waals surface area contributed by atoms with Gasteiger partial charge in [-0.25, -0.2) is 19.0 Å². The molecule has 1 aliphatic heterocycles. The summed E-state index contributed by atoms with van der Waals surface area (Å²) >= 11 is 0. The average molecular weight is 517 g/mol.